The molecule has 0 aliphatic heterocycles. The second-order valence-corrected chi connectivity index (χ2v) is 10.0. The lowest BCUT2D eigenvalue weighted by Gasteiger charge is -2.17. The molecule has 0 N–H and O–H groups in total. The SMILES string of the molecule is Cc1cc(C)c(C)c(-c2ccccc2-c2cccc(-c3ccccc3-c3cc(C)cc(C)c3C)n2)c1. The van der Waals surface area contributed by atoms with E-state index in [0.29, 0.717) is 0 Å². The molecule has 5 aromatic rings. The van der Waals surface area contributed by atoms with Crippen molar-refractivity contribution in [1.29, 1.82) is 0 Å². The zero-order valence-electron chi connectivity index (χ0n) is 22.1. The highest BCUT2D eigenvalue weighted by Gasteiger charge is 2.15. The maximum atomic E-state index is 5.23. The second-order valence-electron chi connectivity index (χ2n) is 10.0. The predicted molar refractivity (Wildman–Crippen MR) is 154 cm³/mol. The molecule has 0 bridgehead atoms. The molecular formula is C35H33N. The summed E-state index contributed by atoms with van der Waals surface area (Å²) in [4.78, 5) is 5.23. The maximum Gasteiger partial charge on any atom is 0.0715 e. The summed E-state index contributed by atoms with van der Waals surface area (Å²) in [5.74, 6) is 0. The van der Waals surface area contributed by atoms with Crippen molar-refractivity contribution in [2.75, 3.05) is 0 Å². The third kappa shape index (κ3) is 4.38. The Hall–Kier alpha value is -3.97. The number of pyridine rings is 1. The first-order valence-electron chi connectivity index (χ1n) is 12.7. The first-order valence-corrected chi connectivity index (χ1v) is 12.7. The van der Waals surface area contributed by atoms with Gasteiger partial charge in [-0.1, -0.05) is 90.0 Å². The quantitative estimate of drug-likeness (QED) is 0.256. The van der Waals surface area contributed by atoms with Crippen LogP contribution in [0.2, 0.25) is 0 Å². The Morgan fingerprint density at radius 1 is 0.389 bits per heavy atom. The minimum atomic E-state index is 0.994. The third-order valence-corrected chi connectivity index (χ3v) is 7.36. The van der Waals surface area contributed by atoms with Crippen molar-refractivity contribution in [2.24, 2.45) is 0 Å². The van der Waals surface area contributed by atoms with Crippen LogP contribution in [0.15, 0.2) is 91.0 Å². The fourth-order valence-corrected chi connectivity index (χ4v) is 5.26. The molecule has 0 fully saturated rings. The Balaban J connectivity index is 1.68. The fraction of sp³-hybridized carbons (Fsp3) is 0.171. The Labute approximate surface area is 215 Å². The number of aromatic nitrogens is 1. The van der Waals surface area contributed by atoms with Gasteiger partial charge in [-0.2, -0.15) is 0 Å². The van der Waals surface area contributed by atoms with Gasteiger partial charge in [0.05, 0.1) is 11.4 Å². The van der Waals surface area contributed by atoms with E-state index in [0.717, 1.165) is 22.5 Å². The van der Waals surface area contributed by atoms with Gasteiger partial charge in [-0.15, -0.1) is 0 Å². The summed E-state index contributed by atoms with van der Waals surface area (Å²) in [6, 6.07) is 32.8. The Morgan fingerprint density at radius 2 is 0.778 bits per heavy atom. The highest BCUT2D eigenvalue weighted by atomic mass is 14.7. The van der Waals surface area contributed by atoms with Gasteiger partial charge in [-0.05, 0) is 98.2 Å². The molecule has 36 heavy (non-hydrogen) atoms. The highest BCUT2D eigenvalue weighted by Crippen LogP contribution is 2.38. The summed E-state index contributed by atoms with van der Waals surface area (Å²) in [5.41, 5.74) is 17.2. The van der Waals surface area contributed by atoms with Crippen LogP contribution >= 0.6 is 0 Å². The molecule has 0 saturated carbocycles. The normalized spacial score (nSPS) is 11.1. The largest absolute Gasteiger partial charge is 0.248 e. The molecule has 0 aliphatic rings. The zero-order chi connectivity index (χ0) is 25.4. The van der Waals surface area contributed by atoms with Gasteiger partial charge in [0.2, 0.25) is 0 Å². The topological polar surface area (TPSA) is 12.9 Å². The van der Waals surface area contributed by atoms with E-state index >= 15 is 0 Å². The standard InChI is InChI=1S/C35H33N/c1-22-18-24(3)26(5)32(20-22)28-12-7-9-14-30(28)34-16-11-17-35(36-34)31-15-10-8-13-29(31)33-21-23(2)19-25(4)27(33)6/h7-21H,1-6H3. The lowest BCUT2D eigenvalue weighted by Crippen LogP contribution is -1.96. The van der Waals surface area contributed by atoms with E-state index in [4.69, 9.17) is 4.98 Å². The summed E-state index contributed by atoms with van der Waals surface area (Å²) in [5, 5.41) is 0. The van der Waals surface area contributed by atoms with Crippen LogP contribution in [0.25, 0.3) is 44.8 Å². The van der Waals surface area contributed by atoms with Crippen molar-refractivity contribution >= 4 is 0 Å². The molecule has 0 unspecified atom stereocenters. The molecule has 0 radical (unpaired) electrons. The van der Waals surface area contributed by atoms with Gasteiger partial charge in [0, 0.05) is 11.1 Å². The van der Waals surface area contributed by atoms with Gasteiger partial charge in [0.15, 0.2) is 0 Å². The first kappa shape index (κ1) is 23.8. The van der Waals surface area contributed by atoms with Gasteiger partial charge >= 0.3 is 0 Å². The molecule has 1 nitrogen and oxygen atoms in total. The van der Waals surface area contributed by atoms with Crippen LogP contribution in [0.3, 0.4) is 0 Å². The Bertz CT molecular complexity index is 1470. The molecule has 178 valence electrons. The third-order valence-electron chi connectivity index (χ3n) is 7.36. The van der Waals surface area contributed by atoms with Crippen molar-refractivity contribution < 1.29 is 0 Å². The number of benzene rings is 4. The van der Waals surface area contributed by atoms with E-state index in [-0.39, 0.29) is 0 Å². The summed E-state index contributed by atoms with van der Waals surface area (Å²) in [6.07, 6.45) is 0. The molecule has 1 heterocycles. The van der Waals surface area contributed by atoms with Gasteiger partial charge in [0.25, 0.3) is 0 Å². The molecular weight excluding hydrogens is 434 g/mol. The molecule has 0 amide bonds. The van der Waals surface area contributed by atoms with Crippen LogP contribution in [-0.2, 0) is 0 Å². The van der Waals surface area contributed by atoms with E-state index in [1.165, 1.54) is 55.6 Å². The number of nitrogens with zero attached hydrogens (tertiary/aromatic N) is 1. The molecule has 1 heteroatoms. The number of hydrogen-bond acceptors (Lipinski definition) is 1. The number of hydrogen-bond donors (Lipinski definition) is 0. The zero-order valence-corrected chi connectivity index (χ0v) is 22.1. The lowest BCUT2D eigenvalue weighted by atomic mass is 9.90. The van der Waals surface area contributed by atoms with Crippen molar-refractivity contribution in [3.63, 3.8) is 0 Å². The molecule has 0 atom stereocenters. The monoisotopic (exact) mass is 467 g/mol. The summed E-state index contributed by atoms with van der Waals surface area (Å²) < 4.78 is 0. The molecule has 0 saturated heterocycles. The first-order chi connectivity index (χ1) is 17.3. The summed E-state index contributed by atoms with van der Waals surface area (Å²) in [6.45, 7) is 13.2. The van der Waals surface area contributed by atoms with E-state index in [2.05, 4.69) is 133 Å². The van der Waals surface area contributed by atoms with Gasteiger partial charge in [-0.25, -0.2) is 4.98 Å². The summed E-state index contributed by atoms with van der Waals surface area (Å²) in [7, 11) is 0. The number of rotatable bonds is 4. The predicted octanol–water partition coefficient (Wildman–Crippen LogP) is 9.60. The number of aryl methyl sites for hydroxylation is 4. The van der Waals surface area contributed by atoms with E-state index in [1.807, 2.05) is 0 Å². The summed E-state index contributed by atoms with van der Waals surface area (Å²) >= 11 is 0. The van der Waals surface area contributed by atoms with Crippen molar-refractivity contribution in [3.8, 4) is 44.8 Å². The van der Waals surface area contributed by atoms with Crippen molar-refractivity contribution in [2.45, 2.75) is 41.5 Å². The minimum absolute atomic E-state index is 0.994. The minimum Gasteiger partial charge on any atom is -0.248 e. The van der Waals surface area contributed by atoms with Crippen molar-refractivity contribution in [3.05, 3.63) is 124 Å². The Kier molecular flexibility index (Phi) is 6.33. The van der Waals surface area contributed by atoms with Crippen LogP contribution in [0, 0.1) is 41.5 Å². The van der Waals surface area contributed by atoms with Gasteiger partial charge < -0.3 is 0 Å². The van der Waals surface area contributed by atoms with E-state index in [1.54, 1.807) is 0 Å². The van der Waals surface area contributed by atoms with Crippen molar-refractivity contribution in [1.82, 2.24) is 4.98 Å². The lowest BCUT2D eigenvalue weighted by molar-refractivity contribution is 1.28. The van der Waals surface area contributed by atoms with E-state index in [9.17, 15) is 0 Å². The Morgan fingerprint density at radius 3 is 1.19 bits per heavy atom. The highest BCUT2D eigenvalue weighted by molar-refractivity contribution is 5.87. The van der Waals surface area contributed by atoms with Gasteiger partial charge in [-0.3, -0.25) is 0 Å². The van der Waals surface area contributed by atoms with E-state index < -0.39 is 0 Å². The molecule has 4 aromatic carbocycles. The molecule has 5 rings (SSSR count). The van der Waals surface area contributed by atoms with Crippen LogP contribution < -0.4 is 0 Å². The maximum absolute atomic E-state index is 5.23. The van der Waals surface area contributed by atoms with Crippen LogP contribution in [0.1, 0.15) is 33.4 Å². The second kappa shape index (κ2) is 9.59. The molecule has 1 aromatic heterocycles. The van der Waals surface area contributed by atoms with Crippen LogP contribution in [0.4, 0.5) is 0 Å². The van der Waals surface area contributed by atoms with Crippen LogP contribution in [-0.4, -0.2) is 4.98 Å². The van der Waals surface area contributed by atoms with Crippen LogP contribution in [0.5, 0.6) is 0 Å². The average Bonchev–Trinajstić information content (AvgIpc) is 2.88. The molecule has 0 aliphatic carbocycles. The smallest absolute Gasteiger partial charge is 0.0715 e. The van der Waals surface area contributed by atoms with Gasteiger partial charge in [0.1, 0.15) is 0 Å². The molecule has 0 spiro atoms. The average molecular weight is 468 g/mol. The fourth-order valence-electron chi connectivity index (χ4n) is 5.26.